The van der Waals surface area contributed by atoms with Crippen LogP contribution < -0.4 is 5.32 Å². The molecule has 126 valence electrons. The fourth-order valence-electron chi connectivity index (χ4n) is 2.19. The van der Waals surface area contributed by atoms with Gasteiger partial charge in [0.15, 0.2) is 0 Å². The van der Waals surface area contributed by atoms with Crippen molar-refractivity contribution < 1.29 is 23.5 Å². The Morgan fingerprint density at radius 2 is 1.91 bits per heavy atom. The van der Waals surface area contributed by atoms with Gasteiger partial charge >= 0.3 is 5.97 Å². The van der Waals surface area contributed by atoms with E-state index in [0.717, 1.165) is 0 Å². The highest BCUT2D eigenvalue weighted by Crippen LogP contribution is 2.26. The predicted molar refractivity (Wildman–Crippen MR) is 82.4 cm³/mol. The maximum absolute atomic E-state index is 12.9. The van der Waals surface area contributed by atoms with Crippen LogP contribution in [0.25, 0.3) is 0 Å². The first-order chi connectivity index (χ1) is 10.8. The summed E-state index contributed by atoms with van der Waals surface area (Å²) in [6.45, 7) is 7.02. The van der Waals surface area contributed by atoms with E-state index in [1.54, 1.807) is 0 Å². The van der Waals surface area contributed by atoms with Crippen LogP contribution in [-0.2, 0) is 14.3 Å². The third kappa shape index (κ3) is 4.51. The van der Waals surface area contributed by atoms with Gasteiger partial charge in [-0.3, -0.25) is 4.79 Å². The lowest BCUT2D eigenvalue weighted by Crippen LogP contribution is -2.48. The number of halogens is 1. The summed E-state index contributed by atoms with van der Waals surface area (Å²) in [6, 6.07) is 4.40. The first-order valence-electron chi connectivity index (χ1n) is 7.61. The third-order valence-corrected chi connectivity index (χ3v) is 3.78. The van der Waals surface area contributed by atoms with Crippen LogP contribution >= 0.6 is 0 Å². The molecular formula is C17H22FNO4. The fourth-order valence-corrected chi connectivity index (χ4v) is 2.19. The summed E-state index contributed by atoms with van der Waals surface area (Å²) in [5, 5.41) is 2.66. The Hall–Kier alpha value is -1.95. The van der Waals surface area contributed by atoms with Crippen molar-refractivity contribution in [2.75, 3.05) is 19.8 Å². The van der Waals surface area contributed by atoms with Gasteiger partial charge in [-0.15, -0.1) is 0 Å². The molecule has 23 heavy (non-hydrogen) atoms. The Morgan fingerprint density at radius 3 is 2.39 bits per heavy atom. The largest absolute Gasteiger partial charge is 0.463 e. The topological polar surface area (TPSA) is 64.6 Å². The molecule has 1 fully saturated rings. The highest BCUT2D eigenvalue weighted by Gasteiger charge is 2.36. The lowest BCUT2D eigenvalue weighted by Gasteiger charge is -2.37. The van der Waals surface area contributed by atoms with Gasteiger partial charge in [0.1, 0.15) is 18.5 Å². The van der Waals surface area contributed by atoms with E-state index in [4.69, 9.17) is 9.47 Å². The quantitative estimate of drug-likeness (QED) is 0.815. The van der Waals surface area contributed by atoms with Gasteiger partial charge in [0.2, 0.25) is 0 Å². The molecule has 1 amide bonds. The molecule has 5 nitrogen and oxygen atoms in total. The molecule has 0 spiro atoms. The summed E-state index contributed by atoms with van der Waals surface area (Å²) in [7, 11) is 0. The average Bonchev–Trinajstić information content (AvgIpc) is 2.48. The Bertz CT molecular complexity index is 566. The van der Waals surface area contributed by atoms with Gasteiger partial charge in [0, 0.05) is 11.0 Å². The van der Waals surface area contributed by atoms with E-state index in [0.29, 0.717) is 18.8 Å². The van der Waals surface area contributed by atoms with Gasteiger partial charge in [-0.25, -0.2) is 9.18 Å². The first-order valence-corrected chi connectivity index (χ1v) is 7.61. The average molecular weight is 323 g/mol. The number of hydrogen-bond donors (Lipinski definition) is 1. The molecule has 2 rings (SSSR count). The van der Waals surface area contributed by atoms with E-state index in [1.165, 1.54) is 24.3 Å². The molecule has 1 heterocycles. The predicted octanol–water partition coefficient (Wildman–Crippen LogP) is 2.16. The zero-order valence-electron chi connectivity index (χ0n) is 13.6. The molecule has 1 aliphatic heterocycles. The SMILES string of the molecule is CC(C)[C@@H](NC(=O)c1ccc(F)cc1)C(=O)OCC1(C)COC1. The number of rotatable bonds is 6. The summed E-state index contributed by atoms with van der Waals surface area (Å²) < 4.78 is 23.4. The highest BCUT2D eigenvalue weighted by molar-refractivity contribution is 5.96. The summed E-state index contributed by atoms with van der Waals surface area (Å²) in [4.78, 5) is 24.4. The van der Waals surface area contributed by atoms with Crippen LogP contribution in [0, 0.1) is 17.2 Å². The lowest BCUT2D eigenvalue weighted by molar-refractivity contribution is -0.167. The van der Waals surface area contributed by atoms with Gasteiger partial charge in [0.05, 0.1) is 13.2 Å². The fraction of sp³-hybridized carbons (Fsp3) is 0.529. The van der Waals surface area contributed by atoms with E-state index in [2.05, 4.69) is 5.32 Å². The van der Waals surface area contributed by atoms with Crippen LogP contribution in [0.3, 0.4) is 0 Å². The van der Waals surface area contributed by atoms with Crippen LogP contribution in [0.1, 0.15) is 31.1 Å². The summed E-state index contributed by atoms with van der Waals surface area (Å²) in [5.41, 5.74) is 0.155. The van der Waals surface area contributed by atoms with Crippen LogP contribution in [-0.4, -0.2) is 37.7 Å². The Balaban J connectivity index is 1.95. The highest BCUT2D eigenvalue weighted by atomic mass is 19.1. The molecule has 1 aromatic carbocycles. The number of ether oxygens (including phenoxy) is 2. The van der Waals surface area contributed by atoms with Gasteiger partial charge in [-0.05, 0) is 30.2 Å². The molecule has 0 unspecified atom stereocenters. The zero-order chi connectivity index (χ0) is 17.0. The minimum Gasteiger partial charge on any atom is -0.463 e. The second-order valence-electron chi connectivity index (χ2n) is 6.61. The van der Waals surface area contributed by atoms with Crippen molar-refractivity contribution in [2.45, 2.75) is 26.8 Å². The minimum absolute atomic E-state index is 0.127. The van der Waals surface area contributed by atoms with Crippen molar-refractivity contribution in [1.82, 2.24) is 5.32 Å². The van der Waals surface area contributed by atoms with Crippen molar-refractivity contribution in [2.24, 2.45) is 11.3 Å². The molecular weight excluding hydrogens is 301 g/mol. The molecule has 0 radical (unpaired) electrons. The maximum atomic E-state index is 12.9. The molecule has 0 bridgehead atoms. The van der Waals surface area contributed by atoms with E-state index < -0.39 is 23.7 Å². The maximum Gasteiger partial charge on any atom is 0.328 e. The second kappa shape index (κ2) is 7.08. The second-order valence-corrected chi connectivity index (χ2v) is 6.61. The zero-order valence-corrected chi connectivity index (χ0v) is 13.6. The molecule has 1 aromatic rings. The van der Waals surface area contributed by atoms with Crippen molar-refractivity contribution in [3.63, 3.8) is 0 Å². The number of benzene rings is 1. The molecule has 0 aliphatic carbocycles. The van der Waals surface area contributed by atoms with Crippen LogP contribution in [0.4, 0.5) is 4.39 Å². The van der Waals surface area contributed by atoms with Gasteiger partial charge in [-0.1, -0.05) is 20.8 Å². The molecule has 1 aliphatic rings. The van der Waals surface area contributed by atoms with Crippen LogP contribution in [0.5, 0.6) is 0 Å². The van der Waals surface area contributed by atoms with E-state index in [-0.39, 0.29) is 17.9 Å². The standard InChI is InChI=1S/C17H22FNO4/c1-11(2)14(16(21)23-10-17(3)8-22-9-17)19-15(20)12-4-6-13(18)7-5-12/h4-7,11,14H,8-10H2,1-3H3,(H,19,20)/t14-/m1/s1. The van der Waals surface area contributed by atoms with Crippen LogP contribution in [0.15, 0.2) is 24.3 Å². The molecule has 0 saturated carbocycles. The van der Waals surface area contributed by atoms with Crippen LogP contribution in [0.2, 0.25) is 0 Å². The molecule has 6 heteroatoms. The summed E-state index contributed by atoms with van der Waals surface area (Å²) in [6.07, 6.45) is 0. The van der Waals surface area contributed by atoms with Crippen molar-refractivity contribution in [3.8, 4) is 0 Å². The summed E-state index contributed by atoms with van der Waals surface area (Å²) in [5.74, 6) is -1.45. The van der Waals surface area contributed by atoms with E-state index in [1.807, 2.05) is 20.8 Å². The normalized spacial score (nSPS) is 17.3. The van der Waals surface area contributed by atoms with E-state index >= 15 is 0 Å². The smallest absolute Gasteiger partial charge is 0.328 e. The van der Waals surface area contributed by atoms with Crippen molar-refractivity contribution in [1.29, 1.82) is 0 Å². The number of amides is 1. The van der Waals surface area contributed by atoms with E-state index in [9.17, 15) is 14.0 Å². The summed E-state index contributed by atoms with van der Waals surface area (Å²) >= 11 is 0. The van der Waals surface area contributed by atoms with Crippen molar-refractivity contribution >= 4 is 11.9 Å². The number of carbonyl (C=O) groups excluding carboxylic acids is 2. The number of nitrogens with one attached hydrogen (secondary N) is 1. The Morgan fingerprint density at radius 1 is 1.30 bits per heavy atom. The van der Waals surface area contributed by atoms with Gasteiger partial charge in [0.25, 0.3) is 5.91 Å². The molecule has 1 atom stereocenters. The Labute approximate surface area is 135 Å². The van der Waals surface area contributed by atoms with Crippen molar-refractivity contribution in [3.05, 3.63) is 35.6 Å². The van der Waals surface area contributed by atoms with Gasteiger partial charge in [-0.2, -0.15) is 0 Å². The monoisotopic (exact) mass is 323 g/mol. The molecule has 1 N–H and O–H groups in total. The minimum atomic E-state index is -0.753. The number of hydrogen-bond acceptors (Lipinski definition) is 4. The number of esters is 1. The Kier molecular flexibility index (Phi) is 5.36. The molecule has 1 saturated heterocycles. The third-order valence-electron chi connectivity index (χ3n) is 3.78. The number of carbonyl (C=O) groups is 2. The molecule has 0 aromatic heterocycles. The lowest BCUT2D eigenvalue weighted by atomic mass is 9.90. The van der Waals surface area contributed by atoms with Gasteiger partial charge < -0.3 is 14.8 Å². The first kappa shape index (κ1) is 17.4.